The Morgan fingerprint density at radius 3 is 2.50 bits per heavy atom. The Hall–Kier alpha value is -2.36. The van der Waals surface area contributed by atoms with Crippen LogP contribution >= 0.6 is 0 Å². The van der Waals surface area contributed by atoms with Gasteiger partial charge in [0, 0.05) is 31.2 Å². The highest BCUT2D eigenvalue weighted by Crippen LogP contribution is 2.32. The molecule has 160 valence electrons. The van der Waals surface area contributed by atoms with Gasteiger partial charge in [-0.25, -0.2) is 0 Å². The molecule has 2 fully saturated rings. The number of amides is 2. The van der Waals surface area contributed by atoms with E-state index in [1.54, 1.807) is 0 Å². The van der Waals surface area contributed by atoms with E-state index in [-0.39, 0.29) is 23.1 Å². The molecule has 0 aliphatic carbocycles. The molecule has 0 radical (unpaired) electrons. The Morgan fingerprint density at radius 1 is 0.967 bits per heavy atom. The molecule has 4 heteroatoms. The molecule has 4 nitrogen and oxygen atoms in total. The maximum absolute atomic E-state index is 13.4. The van der Waals surface area contributed by atoms with Gasteiger partial charge >= 0.3 is 0 Å². The van der Waals surface area contributed by atoms with Gasteiger partial charge < -0.3 is 9.80 Å². The third-order valence-corrected chi connectivity index (χ3v) is 6.59. The summed E-state index contributed by atoms with van der Waals surface area (Å²) in [5.41, 5.74) is 0.962. The van der Waals surface area contributed by atoms with E-state index in [0.717, 1.165) is 61.5 Å². The quantitative estimate of drug-likeness (QED) is 0.710. The molecule has 2 aliphatic rings. The molecule has 2 aromatic rings. The number of fused-ring (bicyclic) bond motifs is 1. The Bertz CT molecular complexity index is 925. The third kappa shape index (κ3) is 4.38. The molecule has 0 N–H and O–H groups in total. The van der Waals surface area contributed by atoms with Crippen LogP contribution in [0.1, 0.15) is 63.2 Å². The molecular weight excluding hydrogens is 372 g/mol. The predicted molar refractivity (Wildman–Crippen MR) is 121 cm³/mol. The summed E-state index contributed by atoms with van der Waals surface area (Å²) >= 11 is 0. The number of hydrogen-bond acceptors (Lipinski definition) is 2. The van der Waals surface area contributed by atoms with Crippen LogP contribution in [-0.4, -0.2) is 47.3 Å². The first-order chi connectivity index (χ1) is 14.3. The van der Waals surface area contributed by atoms with Crippen LogP contribution in [-0.2, 0) is 4.79 Å². The Kier molecular flexibility index (Phi) is 5.86. The molecule has 2 amide bonds. The van der Waals surface area contributed by atoms with Crippen LogP contribution in [0, 0.1) is 11.3 Å². The minimum absolute atomic E-state index is 0.0527. The predicted octanol–water partition coefficient (Wildman–Crippen LogP) is 5.12. The van der Waals surface area contributed by atoms with Gasteiger partial charge in [-0.05, 0) is 54.4 Å². The van der Waals surface area contributed by atoms with Crippen LogP contribution in [0.3, 0.4) is 0 Å². The fourth-order valence-electron chi connectivity index (χ4n) is 5.22. The van der Waals surface area contributed by atoms with Crippen LogP contribution in [0.15, 0.2) is 42.5 Å². The second kappa shape index (κ2) is 8.41. The van der Waals surface area contributed by atoms with Crippen molar-refractivity contribution in [2.45, 2.75) is 58.9 Å². The van der Waals surface area contributed by atoms with Crippen LogP contribution in [0.4, 0.5) is 0 Å². The van der Waals surface area contributed by atoms with Gasteiger partial charge in [-0.2, -0.15) is 0 Å². The number of carbonyl (C=O) groups excluding carboxylic acids is 2. The second-order valence-electron chi connectivity index (χ2n) is 10.2. The molecule has 30 heavy (non-hydrogen) atoms. The molecule has 2 aromatic carbocycles. The second-order valence-corrected chi connectivity index (χ2v) is 10.2. The number of piperidine rings is 1. The van der Waals surface area contributed by atoms with Gasteiger partial charge in [0.1, 0.15) is 0 Å². The van der Waals surface area contributed by atoms with E-state index < -0.39 is 0 Å². The largest absolute Gasteiger partial charge is 0.339 e. The van der Waals surface area contributed by atoms with Crippen LogP contribution in [0.25, 0.3) is 10.8 Å². The fraction of sp³-hybridized carbons (Fsp3) is 0.538. The molecule has 0 spiro atoms. The minimum Gasteiger partial charge on any atom is -0.339 e. The van der Waals surface area contributed by atoms with Gasteiger partial charge in [0.2, 0.25) is 5.91 Å². The SMILES string of the molecule is CC(C)(C)CC1CCCN1C(=O)C1CCCN(C(=O)c2cccc3ccccc23)C1. The number of carbonyl (C=O) groups is 2. The van der Waals surface area contributed by atoms with Crippen LogP contribution in [0.5, 0.6) is 0 Å². The maximum Gasteiger partial charge on any atom is 0.254 e. The zero-order valence-electron chi connectivity index (χ0n) is 18.6. The van der Waals surface area contributed by atoms with Crippen molar-refractivity contribution in [2.75, 3.05) is 19.6 Å². The molecule has 2 aliphatic heterocycles. The summed E-state index contributed by atoms with van der Waals surface area (Å²) < 4.78 is 0. The van der Waals surface area contributed by atoms with Gasteiger partial charge in [0.05, 0.1) is 5.92 Å². The maximum atomic E-state index is 13.4. The molecule has 2 heterocycles. The molecule has 2 atom stereocenters. The smallest absolute Gasteiger partial charge is 0.254 e. The van der Waals surface area contributed by atoms with E-state index in [4.69, 9.17) is 0 Å². The topological polar surface area (TPSA) is 40.6 Å². The van der Waals surface area contributed by atoms with Crippen molar-refractivity contribution >= 4 is 22.6 Å². The van der Waals surface area contributed by atoms with E-state index in [9.17, 15) is 9.59 Å². The lowest BCUT2D eigenvalue weighted by atomic mass is 9.86. The first kappa shape index (κ1) is 20.9. The Balaban J connectivity index is 1.49. The van der Waals surface area contributed by atoms with Crippen molar-refractivity contribution in [3.05, 3.63) is 48.0 Å². The van der Waals surface area contributed by atoms with Crippen molar-refractivity contribution in [2.24, 2.45) is 11.3 Å². The van der Waals surface area contributed by atoms with Gasteiger partial charge in [-0.3, -0.25) is 9.59 Å². The zero-order valence-corrected chi connectivity index (χ0v) is 18.6. The first-order valence-electron chi connectivity index (χ1n) is 11.4. The Morgan fingerprint density at radius 2 is 1.70 bits per heavy atom. The number of benzene rings is 2. The van der Waals surface area contributed by atoms with Gasteiger partial charge in [-0.1, -0.05) is 57.2 Å². The molecule has 0 aromatic heterocycles. The zero-order chi connectivity index (χ0) is 21.3. The van der Waals surface area contributed by atoms with Crippen molar-refractivity contribution in [3.63, 3.8) is 0 Å². The van der Waals surface area contributed by atoms with Gasteiger partial charge in [-0.15, -0.1) is 0 Å². The highest BCUT2D eigenvalue weighted by molar-refractivity contribution is 6.07. The molecule has 0 bridgehead atoms. The lowest BCUT2D eigenvalue weighted by Gasteiger charge is -2.37. The lowest BCUT2D eigenvalue weighted by Crippen LogP contribution is -2.48. The number of rotatable bonds is 3. The highest BCUT2D eigenvalue weighted by atomic mass is 16.2. The standard InChI is InChI=1S/C26H34N2O2/c1-26(2,3)17-21-12-8-16-28(21)24(29)20-11-7-15-27(18-20)25(30)23-14-6-10-19-9-4-5-13-22(19)23/h4-6,9-10,13-14,20-21H,7-8,11-12,15-18H2,1-3H3. The van der Waals surface area contributed by atoms with E-state index in [1.807, 2.05) is 47.4 Å². The van der Waals surface area contributed by atoms with Gasteiger partial charge in [0.25, 0.3) is 5.91 Å². The molecular formula is C26H34N2O2. The summed E-state index contributed by atoms with van der Waals surface area (Å²) in [6.07, 6.45) is 5.03. The van der Waals surface area contributed by atoms with Crippen LogP contribution in [0.2, 0.25) is 0 Å². The van der Waals surface area contributed by atoms with Crippen molar-refractivity contribution in [1.29, 1.82) is 0 Å². The van der Waals surface area contributed by atoms with E-state index >= 15 is 0 Å². The highest BCUT2D eigenvalue weighted by Gasteiger charge is 2.37. The number of hydrogen-bond donors (Lipinski definition) is 0. The average Bonchev–Trinajstić information content (AvgIpc) is 3.18. The average molecular weight is 407 g/mol. The number of likely N-dealkylation sites (tertiary alicyclic amines) is 2. The van der Waals surface area contributed by atoms with Crippen molar-refractivity contribution in [1.82, 2.24) is 9.80 Å². The minimum atomic E-state index is -0.0711. The summed E-state index contributed by atoms with van der Waals surface area (Å²) in [6.45, 7) is 8.89. The van der Waals surface area contributed by atoms with Crippen LogP contribution < -0.4 is 0 Å². The van der Waals surface area contributed by atoms with E-state index in [2.05, 4.69) is 25.7 Å². The number of nitrogens with zero attached hydrogens (tertiary/aromatic N) is 2. The van der Waals surface area contributed by atoms with E-state index in [0.29, 0.717) is 12.6 Å². The summed E-state index contributed by atoms with van der Waals surface area (Å²) in [7, 11) is 0. The normalized spacial score (nSPS) is 22.5. The van der Waals surface area contributed by atoms with E-state index in [1.165, 1.54) is 0 Å². The van der Waals surface area contributed by atoms with Crippen molar-refractivity contribution in [3.8, 4) is 0 Å². The monoisotopic (exact) mass is 406 g/mol. The summed E-state index contributed by atoms with van der Waals surface area (Å²) in [5, 5.41) is 2.07. The lowest BCUT2D eigenvalue weighted by molar-refractivity contribution is -0.138. The summed E-state index contributed by atoms with van der Waals surface area (Å²) in [5.74, 6) is 0.243. The summed E-state index contributed by atoms with van der Waals surface area (Å²) in [6, 6.07) is 14.3. The van der Waals surface area contributed by atoms with Crippen molar-refractivity contribution < 1.29 is 9.59 Å². The molecule has 0 saturated carbocycles. The fourth-order valence-corrected chi connectivity index (χ4v) is 5.22. The molecule has 4 rings (SSSR count). The first-order valence-corrected chi connectivity index (χ1v) is 11.4. The summed E-state index contributed by atoms with van der Waals surface area (Å²) in [4.78, 5) is 30.8. The molecule has 2 saturated heterocycles. The molecule has 2 unspecified atom stereocenters. The Labute approximate surface area is 180 Å². The van der Waals surface area contributed by atoms with Gasteiger partial charge in [0.15, 0.2) is 0 Å². The third-order valence-electron chi connectivity index (χ3n) is 6.59.